The van der Waals surface area contributed by atoms with Gasteiger partial charge in [0.15, 0.2) is 0 Å². The van der Waals surface area contributed by atoms with Crippen LogP contribution in [0.1, 0.15) is 16.7 Å². The Bertz CT molecular complexity index is 1400. The molecule has 1 aliphatic heterocycles. The lowest BCUT2D eigenvalue weighted by molar-refractivity contribution is -0.110. The van der Waals surface area contributed by atoms with Crippen LogP contribution in [0.15, 0.2) is 67.0 Å². The molecule has 2 heterocycles. The molecule has 0 bridgehead atoms. The van der Waals surface area contributed by atoms with Gasteiger partial charge >= 0.3 is 0 Å². The average molecular weight is 458 g/mol. The molecule has 0 aliphatic carbocycles. The molecule has 7 heteroatoms. The maximum atomic E-state index is 13.1. The molecule has 6 nitrogen and oxygen atoms in total. The van der Waals surface area contributed by atoms with E-state index in [9.17, 15) is 4.79 Å². The fourth-order valence-electron chi connectivity index (χ4n) is 4.17. The lowest BCUT2D eigenvalue weighted by Crippen LogP contribution is -2.11. The molecular weight excluding hydrogens is 434 g/mol. The van der Waals surface area contributed by atoms with E-state index in [1.165, 1.54) is 5.56 Å². The largest absolute Gasteiger partial charge is 0.354 e. The van der Waals surface area contributed by atoms with E-state index in [4.69, 9.17) is 11.6 Å². The normalized spacial score (nSPS) is 14.5. The van der Waals surface area contributed by atoms with E-state index in [1.807, 2.05) is 62.1 Å². The number of fused-ring (bicyclic) bond motifs is 2. The first-order chi connectivity index (χ1) is 15.9. The Balaban J connectivity index is 1.64. The van der Waals surface area contributed by atoms with Crippen molar-refractivity contribution in [2.75, 3.05) is 24.7 Å². The summed E-state index contributed by atoms with van der Waals surface area (Å²) in [6, 6.07) is 19.8. The van der Waals surface area contributed by atoms with Crippen LogP contribution in [0.25, 0.3) is 22.3 Å². The van der Waals surface area contributed by atoms with Gasteiger partial charge in [-0.1, -0.05) is 35.9 Å². The van der Waals surface area contributed by atoms with Crippen LogP contribution in [0, 0.1) is 0 Å². The van der Waals surface area contributed by atoms with E-state index in [1.54, 1.807) is 18.5 Å². The van der Waals surface area contributed by atoms with Crippen molar-refractivity contribution in [3.05, 3.63) is 88.7 Å². The van der Waals surface area contributed by atoms with Gasteiger partial charge in [-0.15, -0.1) is 0 Å². The molecule has 0 saturated heterocycles. The van der Waals surface area contributed by atoms with Crippen molar-refractivity contribution in [2.45, 2.75) is 6.54 Å². The van der Waals surface area contributed by atoms with E-state index in [2.05, 4.69) is 32.7 Å². The second-order valence-electron chi connectivity index (χ2n) is 8.51. The second-order valence-corrected chi connectivity index (χ2v) is 8.95. The topological polar surface area (TPSA) is 62.2 Å². The fraction of sp³-hybridized carbons (Fsp3) is 0.154. The number of nitrogens with zero attached hydrogens (tertiary/aromatic N) is 3. The summed E-state index contributed by atoms with van der Waals surface area (Å²) >= 11 is 6.17. The molecule has 1 aromatic heterocycles. The zero-order chi connectivity index (χ0) is 23.1. The molecular formula is C26H24ClN5O. The number of carbonyl (C=O) groups excluding carboxylic acids is 1. The van der Waals surface area contributed by atoms with Gasteiger partial charge in [-0.25, -0.2) is 4.98 Å². The summed E-state index contributed by atoms with van der Waals surface area (Å²) in [7, 11) is 6.06. The number of halogens is 1. The van der Waals surface area contributed by atoms with Crippen molar-refractivity contribution in [1.29, 1.82) is 0 Å². The minimum atomic E-state index is -0.167. The number of anilines is 2. The highest BCUT2D eigenvalue weighted by molar-refractivity contribution is 6.38. The van der Waals surface area contributed by atoms with E-state index in [-0.39, 0.29) is 5.91 Å². The van der Waals surface area contributed by atoms with Gasteiger partial charge in [0.1, 0.15) is 0 Å². The van der Waals surface area contributed by atoms with Crippen LogP contribution in [-0.2, 0) is 18.4 Å². The van der Waals surface area contributed by atoms with Gasteiger partial charge in [-0.3, -0.25) is 4.79 Å². The van der Waals surface area contributed by atoms with E-state index >= 15 is 0 Å². The number of hydrogen-bond donors (Lipinski definition) is 2. The quantitative estimate of drug-likeness (QED) is 0.403. The second kappa shape index (κ2) is 8.39. The zero-order valence-electron chi connectivity index (χ0n) is 18.7. The van der Waals surface area contributed by atoms with Crippen LogP contribution >= 0.6 is 11.6 Å². The standard InChI is InChI=1S/C26H24ClN5O/c1-31(2)14-16-4-8-19(9-5-16)29-25(17-6-11-23-22(12-17)28-15-32(23)3)24-20-10-7-18(27)13-21(20)30-26(24)33/h4-13,15,29H,14H2,1-3H3,(H,30,33). The summed E-state index contributed by atoms with van der Waals surface area (Å²) in [5.41, 5.74) is 7.72. The summed E-state index contributed by atoms with van der Waals surface area (Å²) < 4.78 is 1.97. The highest BCUT2D eigenvalue weighted by Crippen LogP contribution is 2.39. The molecule has 166 valence electrons. The molecule has 0 atom stereocenters. The van der Waals surface area contributed by atoms with Crippen molar-refractivity contribution in [1.82, 2.24) is 14.5 Å². The number of imidazole rings is 1. The average Bonchev–Trinajstić information content (AvgIpc) is 3.31. The first-order valence-electron chi connectivity index (χ1n) is 10.7. The van der Waals surface area contributed by atoms with E-state index in [0.29, 0.717) is 16.3 Å². The molecule has 0 radical (unpaired) electrons. The molecule has 5 rings (SSSR count). The van der Waals surface area contributed by atoms with Crippen molar-refractivity contribution >= 4 is 51.2 Å². The molecule has 0 fully saturated rings. The Morgan fingerprint density at radius 1 is 1.09 bits per heavy atom. The lowest BCUT2D eigenvalue weighted by atomic mass is 9.99. The number of benzene rings is 3. The number of amides is 1. The fourth-order valence-corrected chi connectivity index (χ4v) is 4.34. The monoisotopic (exact) mass is 457 g/mol. The number of hydrogen-bond acceptors (Lipinski definition) is 4. The van der Waals surface area contributed by atoms with Gasteiger partial charge in [0.25, 0.3) is 5.91 Å². The molecule has 33 heavy (non-hydrogen) atoms. The predicted molar refractivity (Wildman–Crippen MR) is 135 cm³/mol. The van der Waals surface area contributed by atoms with E-state index in [0.717, 1.165) is 40.1 Å². The van der Waals surface area contributed by atoms with Gasteiger partial charge < -0.3 is 20.1 Å². The van der Waals surface area contributed by atoms with Crippen LogP contribution in [0.5, 0.6) is 0 Å². The molecule has 3 aromatic carbocycles. The highest BCUT2D eigenvalue weighted by atomic mass is 35.5. The lowest BCUT2D eigenvalue weighted by Gasteiger charge is -2.16. The Labute approximate surface area is 197 Å². The van der Waals surface area contributed by atoms with Crippen LogP contribution < -0.4 is 10.6 Å². The van der Waals surface area contributed by atoms with Gasteiger partial charge in [0, 0.05) is 35.4 Å². The third-order valence-electron chi connectivity index (χ3n) is 5.71. The molecule has 1 amide bonds. The maximum Gasteiger partial charge on any atom is 0.258 e. The summed E-state index contributed by atoms with van der Waals surface area (Å²) in [4.78, 5) is 19.7. The summed E-state index contributed by atoms with van der Waals surface area (Å²) in [5, 5.41) is 7.04. The molecule has 0 spiro atoms. The van der Waals surface area contributed by atoms with Crippen molar-refractivity contribution in [3.8, 4) is 0 Å². The number of aromatic nitrogens is 2. The number of rotatable bonds is 5. The number of carbonyl (C=O) groups is 1. The molecule has 0 unspecified atom stereocenters. The smallest absolute Gasteiger partial charge is 0.258 e. The predicted octanol–water partition coefficient (Wildman–Crippen LogP) is 5.22. The van der Waals surface area contributed by atoms with E-state index < -0.39 is 0 Å². The summed E-state index contributed by atoms with van der Waals surface area (Å²) in [6.45, 7) is 0.862. The molecule has 2 N–H and O–H groups in total. The third-order valence-corrected chi connectivity index (χ3v) is 5.95. The van der Waals surface area contributed by atoms with Crippen molar-refractivity contribution < 1.29 is 4.79 Å². The summed E-state index contributed by atoms with van der Waals surface area (Å²) in [6.07, 6.45) is 1.79. The van der Waals surface area contributed by atoms with Gasteiger partial charge in [0.2, 0.25) is 0 Å². The minimum Gasteiger partial charge on any atom is -0.354 e. The SMILES string of the molecule is CN(C)Cc1ccc(NC(=C2C(=O)Nc3cc(Cl)ccc32)c2ccc3c(c2)ncn3C)cc1. The number of aryl methyl sites for hydroxylation is 1. The highest BCUT2D eigenvalue weighted by Gasteiger charge is 2.29. The van der Waals surface area contributed by atoms with Crippen molar-refractivity contribution in [2.24, 2.45) is 7.05 Å². The van der Waals surface area contributed by atoms with Crippen molar-refractivity contribution in [3.63, 3.8) is 0 Å². The Morgan fingerprint density at radius 2 is 1.88 bits per heavy atom. The van der Waals surface area contributed by atoms with Crippen LogP contribution in [0.4, 0.5) is 11.4 Å². The van der Waals surface area contributed by atoms with Gasteiger partial charge in [-0.05, 0) is 56.1 Å². The first kappa shape index (κ1) is 21.2. The zero-order valence-corrected chi connectivity index (χ0v) is 19.4. The molecule has 4 aromatic rings. The molecule has 0 saturated carbocycles. The number of nitrogens with one attached hydrogen (secondary N) is 2. The Hall–Kier alpha value is -3.61. The van der Waals surface area contributed by atoms with Gasteiger partial charge in [0.05, 0.1) is 34.3 Å². The third kappa shape index (κ3) is 4.11. The Kier molecular flexibility index (Phi) is 5.40. The van der Waals surface area contributed by atoms with Crippen LogP contribution in [0.3, 0.4) is 0 Å². The van der Waals surface area contributed by atoms with Gasteiger partial charge in [-0.2, -0.15) is 0 Å². The maximum absolute atomic E-state index is 13.1. The Morgan fingerprint density at radius 3 is 2.64 bits per heavy atom. The molecule has 1 aliphatic rings. The van der Waals surface area contributed by atoms with Crippen LogP contribution in [-0.4, -0.2) is 34.5 Å². The minimum absolute atomic E-state index is 0.167. The summed E-state index contributed by atoms with van der Waals surface area (Å²) in [5.74, 6) is -0.167. The first-order valence-corrected chi connectivity index (χ1v) is 11.0. The van der Waals surface area contributed by atoms with Crippen LogP contribution in [0.2, 0.25) is 5.02 Å².